The van der Waals surface area contributed by atoms with Gasteiger partial charge in [0.25, 0.3) is 0 Å². The minimum Gasteiger partial charge on any atom is -0.444 e. The lowest BCUT2D eigenvalue weighted by Gasteiger charge is -2.32. The molecular weight excluding hydrogens is 402 g/mol. The van der Waals surface area contributed by atoms with Crippen molar-refractivity contribution in [2.75, 3.05) is 31.9 Å². The zero-order valence-electron chi connectivity index (χ0n) is 18.3. The molecule has 2 rings (SSSR count). The summed E-state index contributed by atoms with van der Waals surface area (Å²) in [5.41, 5.74) is 0.606. The summed E-state index contributed by atoms with van der Waals surface area (Å²) in [7, 11) is 0. The number of piperidine rings is 1. The molecule has 1 atom stereocenters. The second-order valence-corrected chi connectivity index (χ2v) is 9.47. The highest BCUT2D eigenvalue weighted by atomic mass is 32.2. The SMILES string of the molecule is Cc1ccccc1SCC(=O)N1CCCC(C(=O)NCCNC(=O)OC(C)(C)C)C1. The molecule has 1 aromatic carbocycles. The highest BCUT2D eigenvalue weighted by Gasteiger charge is 2.28. The molecule has 0 aliphatic carbocycles. The minimum absolute atomic E-state index is 0.0624. The highest BCUT2D eigenvalue weighted by Crippen LogP contribution is 2.23. The van der Waals surface area contributed by atoms with Gasteiger partial charge in [-0.2, -0.15) is 0 Å². The van der Waals surface area contributed by atoms with Crippen LogP contribution in [0.25, 0.3) is 0 Å². The minimum atomic E-state index is -0.553. The number of carbonyl (C=O) groups excluding carboxylic acids is 3. The first-order valence-electron chi connectivity index (χ1n) is 10.4. The molecule has 0 aromatic heterocycles. The molecule has 1 heterocycles. The molecule has 7 nitrogen and oxygen atoms in total. The number of alkyl carbamates (subject to hydrolysis) is 1. The molecule has 166 valence electrons. The van der Waals surface area contributed by atoms with Crippen molar-refractivity contribution in [2.45, 2.75) is 51.0 Å². The van der Waals surface area contributed by atoms with Gasteiger partial charge in [0.2, 0.25) is 11.8 Å². The largest absolute Gasteiger partial charge is 0.444 e. The van der Waals surface area contributed by atoms with Crippen LogP contribution in [0.3, 0.4) is 0 Å². The number of thioether (sulfide) groups is 1. The molecular formula is C22H33N3O4S. The Hall–Kier alpha value is -2.22. The molecule has 1 aliphatic heterocycles. The van der Waals surface area contributed by atoms with Crippen LogP contribution in [0.15, 0.2) is 29.2 Å². The Balaban J connectivity index is 1.71. The van der Waals surface area contributed by atoms with Crippen LogP contribution >= 0.6 is 11.8 Å². The van der Waals surface area contributed by atoms with E-state index in [1.807, 2.05) is 31.2 Å². The summed E-state index contributed by atoms with van der Waals surface area (Å²) < 4.78 is 5.15. The van der Waals surface area contributed by atoms with Crippen molar-refractivity contribution >= 4 is 29.7 Å². The van der Waals surface area contributed by atoms with E-state index < -0.39 is 11.7 Å². The number of likely N-dealkylation sites (tertiary alicyclic amines) is 1. The van der Waals surface area contributed by atoms with Crippen molar-refractivity contribution in [2.24, 2.45) is 5.92 Å². The Morgan fingerprint density at radius 2 is 1.87 bits per heavy atom. The van der Waals surface area contributed by atoms with E-state index in [0.717, 1.165) is 23.3 Å². The second-order valence-electron chi connectivity index (χ2n) is 8.45. The Bertz CT molecular complexity index is 748. The normalized spacial score (nSPS) is 16.7. The smallest absolute Gasteiger partial charge is 0.407 e. The van der Waals surface area contributed by atoms with Gasteiger partial charge in [-0.05, 0) is 52.2 Å². The number of carbonyl (C=O) groups is 3. The molecule has 0 bridgehead atoms. The number of aryl methyl sites for hydroxylation is 1. The topological polar surface area (TPSA) is 87.7 Å². The molecule has 3 amide bonds. The zero-order valence-corrected chi connectivity index (χ0v) is 19.1. The monoisotopic (exact) mass is 435 g/mol. The first-order valence-corrected chi connectivity index (χ1v) is 11.3. The Morgan fingerprint density at radius 3 is 2.57 bits per heavy atom. The lowest BCUT2D eigenvalue weighted by atomic mass is 9.97. The Kier molecular flexibility index (Phi) is 9.02. The van der Waals surface area contributed by atoms with Crippen molar-refractivity contribution in [3.05, 3.63) is 29.8 Å². The molecule has 0 spiro atoms. The molecule has 1 saturated heterocycles. The maximum Gasteiger partial charge on any atom is 0.407 e. The van der Waals surface area contributed by atoms with Gasteiger partial charge in [-0.25, -0.2) is 4.79 Å². The van der Waals surface area contributed by atoms with E-state index in [1.54, 1.807) is 25.7 Å². The zero-order chi connectivity index (χ0) is 22.1. The number of amides is 3. The van der Waals surface area contributed by atoms with Crippen molar-refractivity contribution in [1.82, 2.24) is 15.5 Å². The summed E-state index contributed by atoms with van der Waals surface area (Å²) >= 11 is 1.54. The predicted molar refractivity (Wildman–Crippen MR) is 118 cm³/mol. The second kappa shape index (κ2) is 11.2. The quantitative estimate of drug-likeness (QED) is 0.508. The van der Waals surface area contributed by atoms with E-state index >= 15 is 0 Å². The van der Waals surface area contributed by atoms with E-state index in [-0.39, 0.29) is 17.7 Å². The number of rotatable bonds is 7. The first kappa shape index (κ1) is 24.1. The fourth-order valence-electron chi connectivity index (χ4n) is 3.18. The van der Waals surface area contributed by atoms with Crippen LogP contribution in [-0.4, -0.2) is 60.3 Å². The third-order valence-electron chi connectivity index (χ3n) is 4.68. The molecule has 1 aliphatic rings. The molecule has 30 heavy (non-hydrogen) atoms. The maximum absolute atomic E-state index is 12.6. The molecule has 1 unspecified atom stereocenters. The molecule has 0 radical (unpaired) electrons. The highest BCUT2D eigenvalue weighted by molar-refractivity contribution is 8.00. The van der Waals surface area contributed by atoms with Crippen molar-refractivity contribution in [3.63, 3.8) is 0 Å². The van der Waals surface area contributed by atoms with E-state index in [2.05, 4.69) is 10.6 Å². The summed E-state index contributed by atoms with van der Waals surface area (Å²) in [5.74, 6) is 0.143. The van der Waals surface area contributed by atoms with Crippen LogP contribution in [0.5, 0.6) is 0 Å². The van der Waals surface area contributed by atoms with Crippen LogP contribution in [0.1, 0.15) is 39.2 Å². The standard InChI is InChI=1S/C22H33N3O4S/c1-16-8-5-6-10-18(16)30-15-19(26)25-13-7-9-17(14-25)20(27)23-11-12-24-21(28)29-22(2,3)4/h5-6,8,10,17H,7,9,11-15H2,1-4H3,(H,23,27)(H,24,28). The summed E-state index contributed by atoms with van der Waals surface area (Å²) in [4.78, 5) is 39.6. The summed E-state index contributed by atoms with van der Waals surface area (Å²) in [6.07, 6.45) is 1.08. The van der Waals surface area contributed by atoms with Gasteiger partial charge >= 0.3 is 6.09 Å². The summed E-state index contributed by atoms with van der Waals surface area (Å²) in [6.45, 7) is 9.17. The third kappa shape index (κ3) is 8.26. The van der Waals surface area contributed by atoms with Crippen LogP contribution in [0, 0.1) is 12.8 Å². The van der Waals surface area contributed by atoms with Gasteiger partial charge in [0.15, 0.2) is 0 Å². The van der Waals surface area contributed by atoms with Gasteiger partial charge in [-0.1, -0.05) is 18.2 Å². The van der Waals surface area contributed by atoms with E-state index in [9.17, 15) is 14.4 Å². The average Bonchev–Trinajstić information content (AvgIpc) is 2.69. The fraction of sp³-hybridized carbons (Fsp3) is 0.591. The maximum atomic E-state index is 12.6. The molecule has 2 N–H and O–H groups in total. The van der Waals surface area contributed by atoms with Crippen LogP contribution < -0.4 is 10.6 Å². The van der Waals surface area contributed by atoms with Gasteiger partial charge in [-0.3, -0.25) is 9.59 Å². The van der Waals surface area contributed by atoms with Gasteiger partial charge in [0, 0.05) is 31.1 Å². The Labute approximate surface area is 183 Å². The Morgan fingerprint density at radius 1 is 1.17 bits per heavy atom. The predicted octanol–water partition coefficient (Wildman–Crippen LogP) is 2.97. The van der Waals surface area contributed by atoms with Gasteiger partial charge in [-0.15, -0.1) is 11.8 Å². The average molecular weight is 436 g/mol. The lowest BCUT2D eigenvalue weighted by Crippen LogP contribution is -2.47. The fourth-order valence-corrected chi connectivity index (χ4v) is 4.11. The molecule has 0 saturated carbocycles. The number of nitrogens with one attached hydrogen (secondary N) is 2. The number of hydrogen-bond donors (Lipinski definition) is 2. The van der Waals surface area contributed by atoms with Crippen LogP contribution in [0.2, 0.25) is 0 Å². The molecule has 1 aromatic rings. The molecule has 1 fully saturated rings. The van der Waals surface area contributed by atoms with Gasteiger partial charge in [0.1, 0.15) is 5.60 Å². The molecule has 8 heteroatoms. The lowest BCUT2D eigenvalue weighted by molar-refractivity contribution is -0.133. The number of benzene rings is 1. The number of hydrogen-bond acceptors (Lipinski definition) is 5. The third-order valence-corrected chi connectivity index (χ3v) is 5.84. The van der Waals surface area contributed by atoms with E-state index in [1.165, 1.54) is 11.8 Å². The van der Waals surface area contributed by atoms with Crippen molar-refractivity contribution in [1.29, 1.82) is 0 Å². The van der Waals surface area contributed by atoms with Gasteiger partial charge < -0.3 is 20.3 Å². The first-order chi connectivity index (χ1) is 14.2. The van der Waals surface area contributed by atoms with Crippen LogP contribution in [-0.2, 0) is 14.3 Å². The number of ether oxygens (including phenoxy) is 1. The van der Waals surface area contributed by atoms with E-state index in [0.29, 0.717) is 31.9 Å². The van der Waals surface area contributed by atoms with Crippen molar-refractivity contribution in [3.8, 4) is 0 Å². The number of nitrogens with zero attached hydrogens (tertiary/aromatic N) is 1. The van der Waals surface area contributed by atoms with Gasteiger partial charge in [0.05, 0.1) is 11.7 Å². The summed E-state index contributed by atoms with van der Waals surface area (Å²) in [5, 5.41) is 5.46. The summed E-state index contributed by atoms with van der Waals surface area (Å²) in [6, 6.07) is 8.01. The van der Waals surface area contributed by atoms with Crippen molar-refractivity contribution < 1.29 is 19.1 Å². The van der Waals surface area contributed by atoms with E-state index in [4.69, 9.17) is 4.74 Å². The van der Waals surface area contributed by atoms with Crippen LogP contribution in [0.4, 0.5) is 4.79 Å².